The van der Waals surface area contributed by atoms with E-state index in [0.717, 1.165) is 0 Å². The van der Waals surface area contributed by atoms with Crippen molar-refractivity contribution < 1.29 is 19.4 Å². The number of nitrogens with two attached hydrogens (primary N) is 1. The van der Waals surface area contributed by atoms with Crippen molar-refractivity contribution in [3.05, 3.63) is 0 Å². The third kappa shape index (κ3) is 5.50. The smallest absolute Gasteiger partial charge is 0.414 e. The van der Waals surface area contributed by atoms with E-state index >= 15 is 0 Å². The van der Waals surface area contributed by atoms with Crippen LogP contribution in [0.15, 0.2) is 0 Å². The Kier molecular flexibility index (Phi) is 4.52. The second kappa shape index (κ2) is 4.92. The topological polar surface area (TPSA) is 102 Å². The number of nitrogens with one attached hydrogen (secondary N) is 1. The minimum atomic E-state index is -1.11. The predicted molar refractivity (Wildman–Crippen MR) is 49.4 cm³/mol. The van der Waals surface area contributed by atoms with E-state index < -0.39 is 30.3 Å². The zero-order valence-electron chi connectivity index (χ0n) is 8.53. The Labute approximate surface area is 82.4 Å². The molecule has 1 atom stereocenters. The first-order valence-corrected chi connectivity index (χ1v) is 4.16. The highest BCUT2D eigenvalue weighted by Gasteiger charge is 2.20. The lowest BCUT2D eigenvalue weighted by Crippen LogP contribution is -2.46. The van der Waals surface area contributed by atoms with Crippen molar-refractivity contribution in [1.29, 1.82) is 0 Å². The van der Waals surface area contributed by atoms with Gasteiger partial charge in [0.15, 0.2) is 0 Å². The van der Waals surface area contributed by atoms with Gasteiger partial charge in [0.2, 0.25) is 5.91 Å². The molecule has 0 saturated heterocycles. The number of carbonyl (C=O) groups is 2. The van der Waals surface area contributed by atoms with Gasteiger partial charge in [-0.15, -0.1) is 0 Å². The van der Waals surface area contributed by atoms with Crippen LogP contribution in [0.25, 0.3) is 0 Å². The highest BCUT2D eigenvalue weighted by atomic mass is 16.6. The van der Waals surface area contributed by atoms with Gasteiger partial charge < -0.3 is 15.6 Å². The molecule has 0 fully saturated rings. The van der Waals surface area contributed by atoms with Gasteiger partial charge in [-0.05, 0) is 20.8 Å². The van der Waals surface area contributed by atoms with Gasteiger partial charge in [0.25, 0.3) is 0 Å². The fourth-order valence-electron chi connectivity index (χ4n) is 0.580. The first-order chi connectivity index (χ1) is 6.26. The summed E-state index contributed by atoms with van der Waals surface area (Å²) >= 11 is 0. The van der Waals surface area contributed by atoms with Crippen LogP contribution >= 0.6 is 0 Å². The summed E-state index contributed by atoms with van der Waals surface area (Å²) in [4.78, 5) is 22.0. The third-order valence-corrected chi connectivity index (χ3v) is 1.16. The largest absolute Gasteiger partial charge is 0.444 e. The number of amides is 2. The fourth-order valence-corrected chi connectivity index (χ4v) is 0.580. The first kappa shape index (κ1) is 12.9. The van der Waals surface area contributed by atoms with Crippen molar-refractivity contribution >= 4 is 12.0 Å². The van der Waals surface area contributed by atoms with Crippen molar-refractivity contribution in [2.75, 3.05) is 6.61 Å². The molecule has 14 heavy (non-hydrogen) atoms. The molecular formula is C8H16N2O4. The maximum Gasteiger partial charge on any atom is 0.414 e. The van der Waals surface area contributed by atoms with E-state index in [1.807, 2.05) is 5.32 Å². The minimum Gasteiger partial charge on any atom is -0.444 e. The molecule has 0 saturated carbocycles. The van der Waals surface area contributed by atoms with Crippen LogP contribution in [0.4, 0.5) is 4.79 Å². The number of imide groups is 1. The quantitative estimate of drug-likeness (QED) is 0.555. The number of aliphatic hydroxyl groups is 1. The molecule has 0 radical (unpaired) electrons. The van der Waals surface area contributed by atoms with Gasteiger partial charge in [-0.25, -0.2) is 4.79 Å². The second-order valence-electron chi connectivity index (χ2n) is 3.78. The lowest BCUT2D eigenvalue weighted by atomic mass is 10.2. The van der Waals surface area contributed by atoms with Crippen LogP contribution in [-0.4, -0.2) is 35.4 Å². The molecule has 0 bridgehead atoms. The summed E-state index contributed by atoms with van der Waals surface area (Å²) in [5.74, 6) is -0.762. The van der Waals surface area contributed by atoms with E-state index in [1.54, 1.807) is 20.8 Å². The molecule has 82 valence electrons. The number of hydrogen-bond acceptors (Lipinski definition) is 5. The molecule has 2 amide bonds. The molecule has 4 N–H and O–H groups in total. The van der Waals surface area contributed by atoms with Gasteiger partial charge in [-0.2, -0.15) is 0 Å². The van der Waals surface area contributed by atoms with Crippen LogP contribution in [0, 0.1) is 0 Å². The van der Waals surface area contributed by atoms with Crippen molar-refractivity contribution in [2.45, 2.75) is 32.4 Å². The molecule has 0 rings (SSSR count). The molecular weight excluding hydrogens is 188 g/mol. The maximum absolute atomic E-state index is 11.0. The number of hydrogen-bond donors (Lipinski definition) is 3. The summed E-state index contributed by atoms with van der Waals surface area (Å²) in [6.45, 7) is 4.49. The molecule has 0 aromatic rings. The van der Waals surface area contributed by atoms with Crippen molar-refractivity contribution in [3.8, 4) is 0 Å². The summed E-state index contributed by atoms with van der Waals surface area (Å²) in [7, 11) is 0. The molecule has 6 nitrogen and oxygen atoms in total. The van der Waals surface area contributed by atoms with Gasteiger partial charge in [0.1, 0.15) is 11.6 Å². The average Bonchev–Trinajstić information content (AvgIpc) is 1.99. The minimum absolute atomic E-state index is 0.519. The highest BCUT2D eigenvalue weighted by molar-refractivity contribution is 5.94. The van der Waals surface area contributed by atoms with E-state index in [-0.39, 0.29) is 0 Å². The number of aliphatic hydroxyl groups excluding tert-OH is 1. The molecule has 0 aliphatic rings. The summed E-state index contributed by atoms with van der Waals surface area (Å²) in [6, 6.07) is -1.11. The SMILES string of the molecule is CC(C)(C)OC(=O)NC(=O)[C@H](N)CO. The zero-order chi connectivity index (χ0) is 11.4. The first-order valence-electron chi connectivity index (χ1n) is 4.16. The lowest BCUT2D eigenvalue weighted by Gasteiger charge is -2.19. The third-order valence-electron chi connectivity index (χ3n) is 1.16. The average molecular weight is 204 g/mol. The van der Waals surface area contributed by atoms with Crippen LogP contribution in [0.1, 0.15) is 20.8 Å². The Hall–Kier alpha value is -1.14. The second-order valence-corrected chi connectivity index (χ2v) is 3.78. The Morgan fingerprint density at radius 2 is 2.00 bits per heavy atom. The van der Waals surface area contributed by atoms with E-state index in [1.165, 1.54) is 0 Å². The number of carbonyl (C=O) groups excluding carboxylic acids is 2. The van der Waals surface area contributed by atoms with Crippen molar-refractivity contribution in [1.82, 2.24) is 5.32 Å². The Morgan fingerprint density at radius 1 is 1.50 bits per heavy atom. The Balaban J connectivity index is 4.02. The predicted octanol–water partition coefficient (Wildman–Crippen LogP) is -0.643. The van der Waals surface area contributed by atoms with Crippen LogP contribution in [0.3, 0.4) is 0 Å². The summed E-state index contributed by atoms with van der Waals surface area (Å²) in [6.07, 6.45) is -0.869. The molecule has 6 heteroatoms. The molecule has 0 aromatic heterocycles. The van der Waals surface area contributed by atoms with Crippen LogP contribution in [0.2, 0.25) is 0 Å². The standard InChI is InChI=1S/C8H16N2O4/c1-8(2,3)14-7(13)10-6(12)5(9)4-11/h5,11H,4,9H2,1-3H3,(H,10,12,13)/t5-/m1/s1. The summed E-state index contributed by atoms with van der Waals surface area (Å²) in [5, 5.41) is 10.4. The normalized spacial score (nSPS) is 13.2. The molecule has 0 unspecified atom stereocenters. The van der Waals surface area contributed by atoms with Gasteiger partial charge >= 0.3 is 6.09 Å². The monoisotopic (exact) mass is 204 g/mol. The van der Waals surface area contributed by atoms with E-state index in [2.05, 4.69) is 0 Å². The van der Waals surface area contributed by atoms with Gasteiger partial charge in [-0.3, -0.25) is 10.1 Å². The number of alkyl carbamates (subject to hydrolysis) is 1. The lowest BCUT2D eigenvalue weighted by molar-refractivity contribution is -0.122. The molecule has 0 spiro atoms. The van der Waals surface area contributed by atoms with Gasteiger partial charge in [-0.1, -0.05) is 0 Å². The molecule has 0 aliphatic heterocycles. The van der Waals surface area contributed by atoms with E-state index in [9.17, 15) is 9.59 Å². The fraction of sp³-hybridized carbons (Fsp3) is 0.750. The summed E-state index contributed by atoms with van der Waals surface area (Å²) < 4.78 is 4.79. The number of ether oxygens (including phenoxy) is 1. The molecule has 0 heterocycles. The zero-order valence-corrected chi connectivity index (χ0v) is 8.53. The van der Waals surface area contributed by atoms with Crippen LogP contribution < -0.4 is 11.1 Å². The van der Waals surface area contributed by atoms with E-state index in [4.69, 9.17) is 15.6 Å². The highest BCUT2D eigenvalue weighted by Crippen LogP contribution is 2.06. The van der Waals surface area contributed by atoms with Crippen molar-refractivity contribution in [3.63, 3.8) is 0 Å². The van der Waals surface area contributed by atoms with Gasteiger partial charge in [0.05, 0.1) is 6.61 Å². The summed E-state index contributed by atoms with van der Waals surface area (Å²) in [5.41, 5.74) is 4.49. The Morgan fingerprint density at radius 3 is 2.36 bits per heavy atom. The molecule has 0 aliphatic carbocycles. The van der Waals surface area contributed by atoms with E-state index in [0.29, 0.717) is 0 Å². The van der Waals surface area contributed by atoms with Crippen LogP contribution in [-0.2, 0) is 9.53 Å². The van der Waals surface area contributed by atoms with Gasteiger partial charge in [0, 0.05) is 0 Å². The number of rotatable bonds is 2. The molecule has 0 aromatic carbocycles. The van der Waals surface area contributed by atoms with Crippen molar-refractivity contribution in [2.24, 2.45) is 5.73 Å². The maximum atomic E-state index is 11.0. The Bertz CT molecular complexity index is 222. The van der Waals surface area contributed by atoms with Crippen LogP contribution in [0.5, 0.6) is 0 Å².